The molecule has 4 aliphatic rings. The molecule has 0 aliphatic heterocycles. The quantitative estimate of drug-likeness (QED) is 0.167. The number of esters is 1. The molecule has 0 aromatic rings. The van der Waals surface area contributed by atoms with Crippen LogP contribution in [0.2, 0.25) is 0 Å². The van der Waals surface area contributed by atoms with Crippen LogP contribution in [0.1, 0.15) is 112 Å². The second kappa shape index (κ2) is 15.1. The number of Topliss-reactive ketones (excluding diaryl/α,β-unsaturated/α-hetero) is 1. The highest BCUT2D eigenvalue weighted by molar-refractivity contribution is 5.88. The number of aliphatic carboxylic acids is 3. The summed E-state index contributed by atoms with van der Waals surface area (Å²) < 4.78 is 6.19. The Balaban J connectivity index is 0.000000376. The molecule has 0 heterocycles. The van der Waals surface area contributed by atoms with Crippen molar-refractivity contribution in [1.29, 1.82) is 0 Å². The SMILES string of the molecule is CCCC(C)NCC(=O)OC1C[C@@H](O)C[C@@H]2CC[C@H]3[C@@H]4CC[C@H](C(C)=O)[C@@]4(C)CC[C@@H]3[C@@]12C.O=C(O)CC(O)(CC(=O)O)C(=O)O. The van der Waals surface area contributed by atoms with Gasteiger partial charge in [-0.15, -0.1) is 0 Å². The maximum absolute atomic E-state index is 12.9. The van der Waals surface area contributed by atoms with E-state index in [1.54, 1.807) is 6.92 Å². The molecule has 2 unspecified atom stereocenters. The molecule has 4 saturated carbocycles. The number of ether oxygens (including phenoxy) is 1. The fourth-order valence-electron chi connectivity index (χ4n) is 9.82. The van der Waals surface area contributed by atoms with Gasteiger partial charge in [-0.05, 0) is 94.3 Å². The van der Waals surface area contributed by atoms with Gasteiger partial charge in [0, 0.05) is 23.8 Å². The fraction of sp³-hybridized carbons (Fsp3) is 0.853. The van der Waals surface area contributed by atoms with E-state index >= 15 is 0 Å². The third-order valence-electron chi connectivity index (χ3n) is 12.1. The second-order valence-electron chi connectivity index (χ2n) is 15.0. The minimum atomic E-state index is -2.74. The number of aliphatic hydroxyl groups excluding tert-OH is 1. The monoisotopic (exact) mass is 653 g/mol. The lowest BCUT2D eigenvalue weighted by atomic mass is 9.44. The Morgan fingerprint density at radius 2 is 1.57 bits per heavy atom. The van der Waals surface area contributed by atoms with Crippen LogP contribution in [0.25, 0.3) is 0 Å². The summed E-state index contributed by atoms with van der Waals surface area (Å²) in [6, 6.07) is 0.300. The van der Waals surface area contributed by atoms with Crippen LogP contribution < -0.4 is 5.32 Å². The van der Waals surface area contributed by atoms with Gasteiger partial charge < -0.3 is 35.6 Å². The molecule has 0 spiro atoms. The van der Waals surface area contributed by atoms with E-state index in [0.717, 1.165) is 51.4 Å². The minimum Gasteiger partial charge on any atom is -0.481 e. The first-order valence-corrected chi connectivity index (χ1v) is 16.9. The van der Waals surface area contributed by atoms with Gasteiger partial charge in [0.2, 0.25) is 0 Å². The summed E-state index contributed by atoms with van der Waals surface area (Å²) in [6.07, 6.45) is 7.35. The first-order valence-electron chi connectivity index (χ1n) is 16.9. The molecule has 0 bridgehead atoms. The average Bonchev–Trinajstić information content (AvgIpc) is 3.30. The smallest absolute Gasteiger partial charge is 0.336 e. The number of ketones is 1. The molecule has 46 heavy (non-hydrogen) atoms. The third kappa shape index (κ3) is 8.10. The van der Waals surface area contributed by atoms with Crippen molar-refractivity contribution in [3.05, 3.63) is 0 Å². The minimum absolute atomic E-state index is 0.0809. The molecule has 4 aliphatic carbocycles. The Hall–Kier alpha value is -2.57. The zero-order valence-corrected chi connectivity index (χ0v) is 28.0. The van der Waals surface area contributed by atoms with Crippen LogP contribution in [0.3, 0.4) is 0 Å². The molecule has 6 N–H and O–H groups in total. The standard InChI is InChI=1S/C28H47NO4.C6H8O7/c1-6-7-17(2)29-16-26(32)33-25-15-20(31)14-19-8-9-21-23-11-10-22(18(3)30)27(23,4)13-12-24(21)28(19,25)5;7-3(8)1-6(13,5(11)12)2-4(9)10/h17,19-25,29,31H,6-16H2,1-5H3;13H,1-2H2,(H,7,8)(H,9,10)(H,11,12)/t17?,19-,20-,21-,22+,23-,24-,25?,27+,28-;/m0./s1. The van der Waals surface area contributed by atoms with E-state index in [4.69, 9.17) is 25.2 Å². The van der Waals surface area contributed by atoms with Crippen molar-refractivity contribution in [1.82, 2.24) is 5.32 Å². The Bertz CT molecular complexity index is 1130. The fourth-order valence-corrected chi connectivity index (χ4v) is 9.82. The molecule has 0 amide bonds. The largest absolute Gasteiger partial charge is 0.481 e. The van der Waals surface area contributed by atoms with Crippen LogP contribution in [0.15, 0.2) is 0 Å². The number of hydrogen-bond acceptors (Lipinski definition) is 9. The molecule has 10 atom stereocenters. The van der Waals surface area contributed by atoms with Gasteiger partial charge in [0.1, 0.15) is 11.9 Å². The van der Waals surface area contributed by atoms with Crippen molar-refractivity contribution in [2.45, 2.75) is 136 Å². The summed E-state index contributed by atoms with van der Waals surface area (Å²) in [5.41, 5.74) is -2.68. The third-order valence-corrected chi connectivity index (χ3v) is 12.1. The first kappa shape index (κ1) is 37.9. The van der Waals surface area contributed by atoms with Gasteiger partial charge in [-0.1, -0.05) is 27.2 Å². The molecular formula is C34H55NO11. The topological polar surface area (TPSA) is 208 Å². The number of carbonyl (C=O) groups excluding carboxylic acids is 2. The molecule has 12 heteroatoms. The van der Waals surface area contributed by atoms with Gasteiger partial charge in [-0.25, -0.2) is 4.79 Å². The van der Waals surface area contributed by atoms with Crippen molar-refractivity contribution in [3.63, 3.8) is 0 Å². The zero-order chi connectivity index (χ0) is 34.6. The summed E-state index contributed by atoms with van der Waals surface area (Å²) in [5, 5.41) is 47.8. The van der Waals surface area contributed by atoms with E-state index in [9.17, 15) is 29.1 Å². The molecule has 0 aromatic carbocycles. The predicted molar refractivity (Wildman–Crippen MR) is 167 cm³/mol. The molecule has 0 radical (unpaired) electrons. The van der Waals surface area contributed by atoms with Crippen LogP contribution in [0.5, 0.6) is 0 Å². The molecule has 4 fully saturated rings. The van der Waals surface area contributed by atoms with Gasteiger partial charge in [-0.2, -0.15) is 0 Å². The van der Waals surface area contributed by atoms with Crippen LogP contribution in [0.4, 0.5) is 0 Å². The van der Waals surface area contributed by atoms with Gasteiger partial charge in [-0.3, -0.25) is 19.2 Å². The number of fused-ring (bicyclic) bond motifs is 5. The second-order valence-corrected chi connectivity index (χ2v) is 15.0. The lowest BCUT2D eigenvalue weighted by Gasteiger charge is -2.62. The number of carbonyl (C=O) groups is 5. The summed E-state index contributed by atoms with van der Waals surface area (Å²) in [4.78, 5) is 55.8. The van der Waals surface area contributed by atoms with E-state index < -0.39 is 36.4 Å². The summed E-state index contributed by atoms with van der Waals surface area (Å²) >= 11 is 0. The maximum Gasteiger partial charge on any atom is 0.336 e. The maximum atomic E-state index is 12.9. The lowest BCUT2D eigenvalue weighted by molar-refractivity contribution is -0.202. The molecule has 4 rings (SSSR count). The number of rotatable bonds is 12. The number of carboxylic acid groups (broad SMARTS) is 3. The molecule has 0 aromatic heterocycles. The van der Waals surface area contributed by atoms with E-state index in [0.29, 0.717) is 41.9 Å². The molecule has 0 saturated heterocycles. The predicted octanol–water partition coefficient (Wildman–Crippen LogP) is 3.65. The van der Waals surface area contributed by atoms with Crippen LogP contribution in [-0.2, 0) is 28.7 Å². The first-order chi connectivity index (χ1) is 21.4. The van der Waals surface area contributed by atoms with E-state index in [-0.39, 0.29) is 41.5 Å². The Kier molecular flexibility index (Phi) is 12.4. The summed E-state index contributed by atoms with van der Waals surface area (Å²) in [7, 11) is 0. The van der Waals surface area contributed by atoms with Crippen molar-refractivity contribution in [2.75, 3.05) is 6.54 Å². The Morgan fingerprint density at radius 3 is 2.11 bits per heavy atom. The number of carboxylic acids is 3. The normalized spacial score (nSPS) is 35.7. The highest BCUT2D eigenvalue weighted by Crippen LogP contribution is 2.67. The van der Waals surface area contributed by atoms with Gasteiger partial charge >= 0.3 is 23.9 Å². The average molecular weight is 654 g/mol. The van der Waals surface area contributed by atoms with E-state index in [1.807, 2.05) is 0 Å². The van der Waals surface area contributed by atoms with Gasteiger partial charge in [0.05, 0.1) is 25.5 Å². The van der Waals surface area contributed by atoms with Crippen molar-refractivity contribution in [2.24, 2.45) is 40.4 Å². The van der Waals surface area contributed by atoms with Crippen molar-refractivity contribution in [3.8, 4) is 0 Å². The van der Waals surface area contributed by atoms with Gasteiger partial charge in [0.25, 0.3) is 0 Å². The number of nitrogens with one attached hydrogen (secondary N) is 1. The van der Waals surface area contributed by atoms with Crippen LogP contribution in [0, 0.1) is 40.4 Å². The van der Waals surface area contributed by atoms with Crippen molar-refractivity contribution >= 4 is 29.7 Å². The Morgan fingerprint density at radius 1 is 0.935 bits per heavy atom. The van der Waals surface area contributed by atoms with E-state index in [2.05, 4.69) is 33.0 Å². The highest BCUT2D eigenvalue weighted by atomic mass is 16.5. The Labute approximate surface area is 271 Å². The lowest BCUT2D eigenvalue weighted by Crippen LogP contribution is -2.60. The highest BCUT2D eigenvalue weighted by Gasteiger charge is 2.63. The molecule has 262 valence electrons. The van der Waals surface area contributed by atoms with Crippen LogP contribution in [-0.4, -0.2) is 85.6 Å². The number of hydrogen-bond donors (Lipinski definition) is 6. The number of aliphatic hydroxyl groups is 2. The van der Waals surface area contributed by atoms with Crippen molar-refractivity contribution < 1.29 is 54.2 Å². The summed E-state index contributed by atoms with van der Waals surface area (Å²) in [5.74, 6) is -2.50. The molecule has 12 nitrogen and oxygen atoms in total. The molecular weight excluding hydrogens is 598 g/mol. The van der Waals surface area contributed by atoms with Gasteiger partial charge in [0.15, 0.2) is 5.60 Å². The van der Waals surface area contributed by atoms with Crippen LogP contribution >= 0.6 is 0 Å². The zero-order valence-electron chi connectivity index (χ0n) is 28.0. The summed E-state index contributed by atoms with van der Waals surface area (Å²) in [6.45, 7) is 11.0. The van der Waals surface area contributed by atoms with E-state index in [1.165, 1.54) is 6.42 Å².